The Labute approximate surface area is 153 Å². The van der Waals surface area contributed by atoms with Gasteiger partial charge in [-0.2, -0.15) is 5.10 Å². The molecule has 2 aliphatic rings. The van der Waals surface area contributed by atoms with E-state index in [4.69, 9.17) is 18.2 Å². The van der Waals surface area contributed by atoms with E-state index in [0.717, 1.165) is 41.2 Å². The number of aromatic amines is 1. The van der Waals surface area contributed by atoms with Gasteiger partial charge in [0.1, 0.15) is 5.82 Å². The molecule has 1 atom stereocenters. The predicted octanol–water partition coefficient (Wildman–Crippen LogP) is 5.72. The molecular weight excluding hydrogens is 332 g/mol. The van der Waals surface area contributed by atoms with Crippen LogP contribution in [0.25, 0.3) is 4.85 Å². The highest BCUT2D eigenvalue weighted by Gasteiger charge is 2.35. The zero-order valence-electron chi connectivity index (χ0n) is 14.1. The summed E-state index contributed by atoms with van der Waals surface area (Å²) in [6, 6.07) is 7.82. The molecular formula is C20H21ClN4. The molecule has 2 aromatic rings. The Morgan fingerprint density at radius 2 is 1.84 bits per heavy atom. The minimum atomic E-state index is -0.153. The summed E-state index contributed by atoms with van der Waals surface area (Å²) in [5.41, 5.74) is 3.81. The van der Waals surface area contributed by atoms with Gasteiger partial charge in [-0.1, -0.05) is 55.5 Å². The molecule has 0 saturated heterocycles. The van der Waals surface area contributed by atoms with Crippen molar-refractivity contribution < 1.29 is 0 Å². The molecule has 1 aliphatic heterocycles. The second-order valence-corrected chi connectivity index (χ2v) is 7.29. The van der Waals surface area contributed by atoms with Gasteiger partial charge in [0, 0.05) is 16.3 Å². The van der Waals surface area contributed by atoms with Crippen molar-refractivity contribution in [3.8, 4) is 0 Å². The van der Waals surface area contributed by atoms with Crippen LogP contribution in [0.3, 0.4) is 0 Å². The van der Waals surface area contributed by atoms with Crippen LogP contribution >= 0.6 is 11.6 Å². The highest BCUT2D eigenvalue weighted by Crippen LogP contribution is 2.46. The van der Waals surface area contributed by atoms with Crippen LogP contribution in [0.4, 0.5) is 5.82 Å². The van der Waals surface area contributed by atoms with E-state index in [9.17, 15) is 0 Å². The van der Waals surface area contributed by atoms with Crippen LogP contribution in [-0.4, -0.2) is 10.2 Å². The Bertz CT molecular complexity index is 837. The molecule has 0 bridgehead atoms. The molecule has 1 aliphatic carbocycles. The molecule has 2 heterocycles. The summed E-state index contributed by atoms with van der Waals surface area (Å²) in [6.07, 6.45) is 9.13. The van der Waals surface area contributed by atoms with Crippen LogP contribution in [0.5, 0.6) is 0 Å². The maximum atomic E-state index is 7.90. The fraction of sp³-hybridized carbons (Fsp3) is 0.400. The Balaban J connectivity index is 1.85. The maximum absolute atomic E-state index is 7.90. The van der Waals surface area contributed by atoms with Gasteiger partial charge in [0.05, 0.1) is 18.7 Å². The van der Waals surface area contributed by atoms with Crippen molar-refractivity contribution in [2.45, 2.75) is 44.4 Å². The lowest BCUT2D eigenvalue weighted by atomic mass is 9.82. The van der Waals surface area contributed by atoms with E-state index in [2.05, 4.69) is 20.4 Å². The van der Waals surface area contributed by atoms with Crippen LogP contribution < -0.4 is 5.32 Å². The number of hydrogen-bond donors (Lipinski definition) is 2. The number of hydrogen-bond acceptors (Lipinski definition) is 2. The van der Waals surface area contributed by atoms with Gasteiger partial charge in [-0.25, -0.2) is 4.85 Å². The first kappa shape index (κ1) is 16.2. The van der Waals surface area contributed by atoms with Crippen molar-refractivity contribution in [2.75, 3.05) is 5.32 Å². The van der Waals surface area contributed by atoms with E-state index < -0.39 is 0 Å². The lowest BCUT2D eigenvalue weighted by Gasteiger charge is -2.30. The summed E-state index contributed by atoms with van der Waals surface area (Å²) in [4.78, 5) is 3.98. The second kappa shape index (κ2) is 6.93. The number of nitrogens with zero attached hydrogens (tertiary/aromatic N) is 2. The van der Waals surface area contributed by atoms with Crippen molar-refractivity contribution in [3.05, 3.63) is 69.4 Å². The standard InChI is InChI=1S/C20H21ClN4/c1-22-19-17(14-10-6-7-11-16(14)21)15-12-23-25-20(15)24-18(19)13-8-4-2-3-5-9-13/h6-7,10-13,17H,2-5,8-9H2,(H2,23,24,25). The predicted molar refractivity (Wildman–Crippen MR) is 100 cm³/mol. The lowest BCUT2D eigenvalue weighted by Crippen LogP contribution is -2.22. The largest absolute Gasteiger partial charge is 0.354 e. The second-order valence-electron chi connectivity index (χ2n) is 6.88. The molecule has 4 rings (SSSR count). The molecule has 128 valence electrons. The Morgan fingerprint density at radius 1 is 1.08 bits per heavy atom. The van der Waals surface area contributed by atoms with Gasteiger partial charge in [-0.05, 0) is 30.4 Å². The number of aromatic nitrogens is 2. The zero-order chi connectivity index (χ0) is 17.2. The number of anilines is 1. The van der Waals surface area contributed by atoms with E-state index in [-0.39, 0.29) is 5.92 Å². The molecule has 1 fully saturated rings. The molecule has 1 unspecified atom stereocenters. The molecule has 0 spiro atoms. The molecule has 25 heavy (non-hydrogen) atoms. The van der Waals surface area contributed by atoms with Crippen molar-refractivity contribution in [2.24, 2.45) is 5.92 Å². The Kier molecular flexibility index (Phi) is 4.50. The number of allylic oxidation sites excluding steroid dienone is 2. The fourth-order valence-electron chi connectivity index (χ4n) is 4.14. The molecule has 0 amide bonds. The zero-order valence-corrected chi connectivity index (χ0v) is 14.8. The van der Waals surface area contributed by atoms with Crippen LogP contribution in [0, 0.1) is 12.5 Å². The molecule has 5 heteroatoms. The van der Waals surface area contributed by atoms with Crippen molar-refractivity contribution in [1.82, 2.24) is 10.2 Å². The first-order valence-corrected chi connectivity index (χ1v) is 9.33. The summed E-state index contributed by atoms with van der Waals surface area (Å²) < 4.78 is 0. The molecule has 1 aromatic carbocycles. The van der Waals surface area contributed by atoms with Gasteiger partial charge >= 0.3 is 0 Å². The Morgan fingerprint density at radius 3 is 2.56 bits per heavy atom. The van der Waals surface area contributed by atoms with Crippen LogP contribution in [-0.2, 0) is 0 Å². The average Bonchev–Trinajstić information content (AvgIpc) is 2.93. The van der Waals surface area contributed by atoms with E-state index in [1.54, 1.807) is 0 Å². The Hall–Kier alpha value is -2.25. The third-order valence-corrected chi connectivity index (χ3v) is 5.73. The monoisotopic (exact) mass is 352 g/mol. The van der Waals surface area contributed by atoms with Crippen LogP contribution in [0.15, 0.2) is 41.9 Å². The normalized spacial score (nSPS) is 21.2. The van der Waals surface area contributed by atoms with Crippen molar-refractivity contribution >= 4 is 17.4 Å². The summed E-state index contributed by atoms with van der Waals surface area (Å²) in [5.74, 6) is 1.16. The molecule has 1 aromatic heterocycles. The quantitative estimate of drug-likeness (QED) is 0.536. The third-order valence-electron chi connectivity index (χ3n) is 5.39. The third kappa shape index (κ3) is 2.94. The van der Waals surface area contributed by atoms with Crippen LogP contribution in [0.1, 0.15) is 55.6 Å². The van der Waals surface area contributed by atoms with E-state index in [1.807, 2.05) is 30.5 Å². The number of halogens is 1. The molecule has 1 saturated carbocycles. The van der Waals surface area contributed by atoms with Gasteiger partial charge in [-0.3, -0.25) is 5.10 Å². The van der Waals surface area contributed by atoms with Gasteiger partial charge in [-0.15, -0.1) is 0 Å². The fourth-order valence-corrected chi connectivity index (χ4v) is 4.39. The van der Waals surface area contributed by atoms with E-state index in [1.165, 1.54) is 25.7 Å². The topological polar surface area (TPSA) is 45.1 Å². The maximum Gasteiger partial charge on any atom is 0.196 e. The lowest BCUT2D eigenvalue weighted by molar-refractivity contribution is 0.524. The van der Waals surface area contributed by atoms with Gasteiger partial charge in [0.15, 0.2) is 5.70 Å². The van der Waals surface area contributed by atoms with Crippen LogP contribution in [0.2, 0.25) is 5.02 Å². The number of nitrogens with one attached hydrogen (secondary N) is 2. The summed E-state index contributed by atoms with van der Waals surface area (Å²) >= 11 is 6.50. The van der Waals surface area contributed by atoms with E-state index >= 15 is 0 Å². The first-order valence-electron chi connectivity index (χ1n) is 8.96. The molecule has 2 N–H and O–H groups in total. The van der Waals surface area contributed by atoms with Gasteiger partial charge in [0.25, 0.3) is 0 Å². The minimum Gasteiger partial charge on any atom is -0.354 e. The van der Waals surface area contributed by atoms with E-state index in [0.29, 0.717) is 10.9 Å². The van der Waals surface area contributed by atoms with Gasteiger partial charge < -0.3 is 5.32 Å². The number of H-pyrrole nitrogens is 1. The number of fused-ring (bicyclic) bond motifs is 1. The highest BCUT2D eigenvalue weighted by molar-refractivity contribution is 6.31. The summed E-state index contributed by atoms with van der Waals surface area (Å²) in [5, 5.41) is 11.5. The SMILES string of the molecule is [C-]#[N+]C1=C(C2CCCCCC2)Nc2[nH]ncc2C1c1ccccc1Cl. The minimum absolute atomic E-state index is 0.153. The number of rotatable bonds is 2. The smallest absolute Gasteiger partial charge is 0.196 e. The first-order chi connectivity index (χ1) is 12.3. The highest BCUT2D eigenvalue weighted by atomic mass is 35.5. The van der Waals surface area contributed by atoms with Gasteiger partial charge in [0.2, 0.25) is 0 Å². The number of benzene rings is 1. The average molecular weight is 353 g/mol. The summed E-state index contributed by atoms with van der Waals surface area (Å²) in [6.45, 7) is 7.90. The van der Waals surface area contributed by atoms with Crippen molar-refractivity contribution in [1.29, 1.82) is 0 Å². The van der Waals surface area contributed by atoms with Crippen molar-refractivity contribution in [3.63, 3.8) is 0 Å². The molecule has 0 radical (unpaired) electrons. The summed E-state index contributed by atoms with van der Waals surface area (Å²) in [7, 11) is 0. The molecule has 4 nitrogen and oxygen atoms in total.